The Balaban J connectivity index is 0.00000385. The van der Waals surface area contributed by atoms with Gasteiger partial charge in [0.1, 0.15) is 0 Å². The number of amides is 1. The maximum atomic E-state index is 12.3. The SMILES string of the molecule is Nc1nc2ncc(CNc3ccc(C(=O)N[C@@H](CC[C](=O)[Ni])C(=O)O)cc3)nc2c(=O)[nH]1.[Cu]. The number of carboxylic acids is 1. The topological polar surface area (TPSA) is 193 Å². The number of anilines is 2. The Hall–Kier alpha value is -3.34. The molecule has 1 radical (unpaired) electrons. The van der Waals surface area contributed by atoms with Gasteiger partial charge in [-0.25, -0.2) is 9.97 Å². The molecule has 0 saturated carbocycles. The van der Waals surface area contributed by atoms with Crippen molar-refractivity contribution < 1.29 is 52.0 Å². The minimum absolute atomic E-state index is 0. The van der Waals surface area contributed by atoms with Gasteiger partial charge >= 0.3 is 123 Å². The zero-order chi connectivity index (χ0) is 23.3. The van der Waals surface area contributed by atoms with Crippen molar-refractivity contribution in [3.05, 3.63) is 52.1 Å². The van der Waals surface area contributed by atoms with E-state index in [0.717, 1.165) is 0 Å². The average molecular weight is 547 g/mol. The van der Waals surface area contributed by atoms with Gasteiger partial charge in [-0.15, -0.1) is 0 Å². The van der Waals surface area contributed by atoms with Crippen molar-refractivity contribution >= 4 is 39.4 Å². The van der Waals surface area contributed by atoms with E-state index in [1.807, 2.05) is 0 Å². The minimum Gasteiger partial charge on any atom is -0.291 e. The quantitative estimate of drug-likeness (QED) is 0.227. The van der Waals surface area contributed by atoms with E-state index in [-0.39, 0.29) is 59.1 Å². The molecule has 3 aromatic rings. The molecule has 14 heteroatoms. The summed E-state index contributed by atoms with van der Waals surface area (Å²) in [4.78, 5) is 61.0. The van der Waals surface area contributed by atoms with Gasteiger partial charge in [0.2, 0.25) is 5.95 Å². The van der Waals surface area contributed by atoms with Gasteiger partial charge in [-0.2, -0.15) is 4.98 Å². The Labute approximate surface area is 205 Å². The van der Waals surface area contributed by atoms with E-state index in [2.05, 4.69) is 46.0 Å². The predicted octanol–water partition coefficient (Wildman–Crippen LogP) is -0.0585. The number of aromatic amines is 1. The molecule has 33 heavy (non-hydrogen) atoms. The maximum absolute atomic E-state index is 12.3. The van der Waals surface area contributed by atoms with Crippen LogP contribution in [0.25, 0.3) is 11.2 Å². The second-order valence-corrected chi connectivity index (χ2v) is 7.19. The van der Waals surface area contributed by atoms with Gasteiger partial charge in [0.05, 0.1) is 11.9 Å². The summed E-state index contributed by atoms with van der Waals surface area (Å²) in [6.07, 6.45) is 1.29. The van der Waals surface area contributed by atoms with Gasteiger partial charge in [-0.3, -0.25) is 9.78 Å². The molecule has 6 N–H and O–H groups in total. The molecule has 3 rings (SSSR count). The molecular formula is C19H18CuN7NiO5. The number of nitrogens with one attached hydrogen (secondary N) is 3. The van der Waals surface area contributed by atoms with Crippen LogP contribution in [0.5, 0.6) is 0 Å². The van der Waals surface area contributed by atoms with Crippen LogP contribution in [0.4, 0.5) is 11.6 Å². The van der Waals surface area contributed by atoms with E-state index in [4.69, 9.17) is 5.73 Å². The Morgan fingerprint density at radius 1 is 1.18 bits per heavy atom. The molecule has 0 unspecified atom stereocenters. The summed E-state index contributed by atoms with van der Waals surface area (Å²) < 4.78 is -0.526. The number of H-pyrrole nitrogens is 1. The number of hydrogen-bond acceptors (Lipinski definition) is 9. The number of carboxylic acid groups (broad SMARTS) is 1. The van der Waals surface area contributed by atoms with Gasteiger partial charge in [0.15, 0.2) is 11.2 Å². The molecule has 2 heterocycles. The number of benzene rings is 1. The molecule has 0 saturated heterocycles. The van der Waals surface area contributed by atoms with Crippen LogP contribution in [0.15, 0.2) is 35.3 Å². The number of fused-ring (bicyclic) bond motifs is 1. The fourth-order valence-corrected chi connectivity index (χ4v) is 2.88. The number of aromatic nitrogens is 4. The molecule has 12 nitrogen and oxygen atoms in total. The molecule has 0 spiro atoms. The number of carbonyl (C=O) groups excluding carboxylic acids is 2. The molecule has 0 aliphatic carbocycles. The van der Waals surface area contributed by atoms with Gasteiger partial charge in [-0.05, 0) is 0 Å². The Morgan fingerprint density at radius 3 is 2.52 bits per heavy atom. The monoisotopic (exact) mass is 545 g/mol. The molecule has 0 aliphatic heterocycles. The van der Waals surface area contributed by atoms with Crippen molar-refractivity contribution in [3.8, 4) is 0 Å². The van der Waals surface area contributed by atoms with Crippen LogP contribution in [0.3, 0.4) is 0 Å². The molecule has 1 atom stereocenters. The number of nitrogen functional groups attached to an aromatic ring is 1. The number of nitrogens with zero attached hydrogens (tertiary/aromatic N) is 3. The minimum atomic E-state index is -1.24. The van der Waals surface area contributed by atoms with E-state index < -0.39 is 28.2 Å². The van der Waals surface area contributed by atoms with E-state index in [9.17, 15) is 24.3 Å². The smallest absolute Gasteiger partial charge is 0.280 e. The van der Waals surface area contributed by atoms with Crippen LogP contribution in [-0.4, -0.2) is 47.7 Å². The number of carbonyl (C=O) groups is 3. The van der Waals surface area contributed by atoms with Gasteiger partial charge in [0.25, 0.3) is 5.56 Å². The molecule has 2 aromatic heterocycles. The van der Waals surface area contributed by atoms with Crippen LogP contribution in [-0.2, 0) is 48.7 Å². The summed E-state index contributed by atoms with van der Waals surface area (Å²) in [6.45, 7) is 0.246. The molecule has 0 aliphatic rings. The second kappa shape index (κ2) is 11.5. The third kappa shape index (κ3) is 7.08. The molecule has 0 bridgehead atoms. The fourth-order valence-electron chi connectivity index (χ4n) is 2.74. The van der Waals surface area contributed by atoms with E-state index in [1.165, 1.54) is 18.3 Å². The zero-order valence-electron chi connectivity index (χ0n) is 16.7. The zero-order valence-corrected chi connectivity index (χ0v) is 18.6. The van der Waals surface area contributed by atoms with Crippen LogP contribution in [0.2, 0.25) is 0 Å². The number of hydrogen-bond donors (Lipinski definition) is 5. The summed E-state index contributed by atoms with van der Waals surface area (Å²) in [5.41, 5.74) is 6.58. The Morgan fingerprint density at radius 2 is 1.88 bits per heavy atom. The normalized spacial score (nSPS) is 11.3. The summed E-state index contributed by atoms with van der Waals surface area (Å²) in [6, 6.07) is 5.07. The number of nitrogens with two attached hydrogens (primary N) is 1. The summed E-state index contributed by atoms with van der Waals surface area (Å²) in [7, 11) is 0. The Kier molecular flexibility index (Phi) is 9.04. The van der Waals surface area contributed by atoms with Crippen LogP contribution >= 0.6 is 0 Å². The van der Waals surface area contributed by atoms with Gasteiger partial charge < -0.3 is 5.73 Å². The first-order valence-electron chi connectivity index (χ1n) is 9.27. The molecule has 1 amide bonds. The molecule has 180 valence electrons. The molecule has 0 fully saturated rings. The van der Waals surface area contributed by atoms with E-state index in [1.54, 1.807) is 12.1 Å². The van der Waals surface area contributed by atoms with Crippen LogP contribution in [0, 0.1) is 0 Å². The van der Waals surface area contributed by atoms with Gasteiger partial charge in [-0.1, -0.05) is 0 Å². The number of aliphatic carboxylic acids is 1. The van der Waals surface area contributed by atoms with Crippen molar-refractivity contribution in [2.24, 2.45) is 0 Å². The second-order valence-electron chi connectivity index (χ2n) is 6.64. The standard InChI is InChI=1S/C19H18N7O5.Cu.Ni/c20-19-25-15-14(17(29)26-19)23-12(9-22-15)8-21-11-5-3-10(4-6-11)16(28)24-13(18(30)31)2-1-7-27;;/h3-6,9,13,21H,1-2,8H2,(H,24,28)(H,30,31)(H3,20,22,25,26,29);;/t13-;;/m0../s1. The fraction of sp³-hybridized carbons (Fsp3) is 0.211. The van der Waals surface area contributed by atoms with Crippen molar-refractivity contribution in [1.82, 2.24) is 25.3 Å². The first-order chi connectivity index (χ1) is 15.2. The first kappa shape index (κ1) is 25.9. The van der Waals surface area contributed by atoms with Crippen molar-refractivity contribution in [1.29, 1.82) is 0 Å². The maximum Gasteiger partial charge on any atom is 0.280 e. The first-order valence-corrected chi connectivity index (χ1v) is 9.76. The van der Waals surface area contributed by atoms with E-state index >= 15 is 0 Å². The largest absolute Gasteiger partial charge is 0.291 e. The Bertz CT molecular complexity index is 1240. The van der Waals surface area contributed by atoms with Crippen molar-refractivity contribution in [2.75, 3.05) is 11.1 Å². The van der Waals surface area contributed by atoms with Crippen molar-refractivity contribution in [3.63, 3.8) is 0 Å². The predicted molar refractivity (Wildman–Crippen MR) is 109 cm³/mol. The van der Waals surface area contributed by atoms with E-state index in [0.29, 0.717) is 11.4 Å². The van der Waals surface area contributed by atoms with Gasteiger partial charge in [0, 0.05) is 17.1 Å². The van der Waals surface area contributed by atoms with Crippen molar-refractivity contribution in [2.45, 2.75) is 25.4 Å². The summed E-state index contributed by atoms with van der Waals surface area (Å²) in [5, 5.41) is 14.6. The molecule has 1 aromatic carbocycles. The van der Waals surface area contributed by atoms with Crippen LogP contribution < -0.4 is 21.9 Å². The third-order valence-corrected chi connectivity index (χ3v) is 4.57. The molecular weight excluding hydrogens is 528 g/mol. The van der Waals surface area contributed by atoms with Crippen LogP contribution in [0.1, 0.15) is 28.9 Å². The number of rotatable bonds is 9. The summed E-state index contributed by atoms with van der Waals surface area (Å²) in [5.74, 6) is -1.88. The average Bonchev–Trinajstić information content (AvgIpc) is 2.75. The third-order valence-electron chi connectivity index (χ3n) is 4.32. The summed E-state index contributed by atoms with van der Waals surface area (Å²) >= 11 is 4.11.